The van der Waals surface area contributed by atoms with Crippen molar-refractivity contribution in [3.63, 3.8) is 0 Å². The largest absolute Gasteiger partial charge is 0.497 e. The van der Waals surface area contributed by atoms with E-state index in [4.69, 9.17) is 4.74 Å². The Balaban J connectivity index is 1.71. The molecule has 7 heteroatoms. The van der Waals surface area contributed by atoms with Gasteiger partial charge in [0, 0.05) is 6.54 Å². The van der Waals surface area contributed by atoms with Gasteiger partial charge in [0.25, 0.3) is 5.91 Å². The van der Waals surface area contributed by atoms with Crippen LogP contribution < -0.4 is 15.4 Å². The molecule has 0 aromatic heterocycles. The van der Waals surface area contributed by atoms with Gasteiger partial charge in [-0.25, -0.2) is 4.79 Å². The zero-order valence-electron chi connectivity index (χ0n) is 17.8. The number of rotatable bonds is 9. The molecule has 3 rings (SSSR count). The molecule has 2 N–H and O–H groups in total. The average molecular weight is 412 g/mol. The standard InChI is InChI=1S/C23H29N3O4/c1-4-5-6-7-12-24-20(27)15-26-21(28)23(2,25-22(26)29)18-10-8-17-14-19(30-3)11-9-16(17)13-18/h8-11,13-14H,4-7,12,15H2,1-3H3,(H,24,27)(H,25,29)/t23-/m0/s1. The van der Waals surface area contributed by atoms with Gasteiger partial charge in [-0.05, 0) is 47.9 Å². The molecule has 1 saturated heterocycles. The Kier molecular flexibility index (Phi) is 6.59. The summed E-state index contributed by atoms with van der Waals surface area (Å²) in [5.41, 5.74) is -0.548. The summed E-state index contributed by atoms with van der Waals surface area (Å²) in [6.07, 6.45) is 4.18. The fourth-order valence-corrected chi connectivity index (χ4v) is 3.68. The topological polar surface area (TPSA) is 87.7 Å². The maximum atomic E-state index is 13.1. The highest BCUT2D eigenvalue weighted by atomic mass is 16.5. The van der Waals surface area contributed by atoms with Gasteiger partial charge in [-0.3, -0.25) is 14.5 Å². The zero-order valence-corrected chi connectivity index (χ0v) is 17.8. The first kappa shape index (κ1) is 21.6. The molecule has 30 heavy (non-hydrogen) atoms. The lowest BCUT2D eigenvalue weighted by Gasteiger charge is -2.22. The van der Waals surface area contributed by atoms with Crippen molar-refractivity contribution in [3.05, 3.63) is 42.0 Å². The van der Waals surface area contributed by atoms with Gasteiger partial charge in [0.1, 0.15) is 17.8 Å². The highest BCUT2D eigenvalue weighted by molar-refractivity contribution is 6.09. The minimum absolute atomic E-state index is 0.279. The van der Waals surface area contributed by atoms with E-state index in [9.17, 15) is 14.4 Å². The van der Waals surface area contributed by atoms with E-state index >= 15 is 0 Å². The number of hydrogen-bond donors (Lipinski definition) is 2. The van der Waals surface area contributed by atoms with Crippen molar-refractivity contribution in [3.8, 4) is 5.75 Å². The maximum Gasteiger partial charge on any atom is 0.325 e. The van der Waals surface area contributed by atoms with Crippen molar-refractivity contribution in [2.75, 3.05) is 20.2 Å². The number of carbonyl (C=O) groups is 3. The van der Waals surface area contributed by atoms with Gasteiger partial charge in [0.05, 0.1) is 7.11 Å². The number of ether oxygens (including phenoxy) is 1. The van der Waals surface area contributed by atoms with E-state index in [2.05, 4.69) is 17.6 Å². The van der Waals surface area contributed by atoms with Crippen LogP contribution in [-0.2, 0) is 15.1 Å². The molecule has 2 aromatic carbocycles. The van der Waals surface area contributed by atoms with Crippen LogP contribution in [0.25, 0.3) is 10.8 Å². The number of fused-ring (bicyclic) bond motifs is 1. The number of amides is 4. The molecule has 7 nitrogen and oxygen atoms in total. The molecule has 0 unspecified atom stereocenters. The third-order valence-corrected chi connectivity index (χ3v) is 5.55. The summed E-state index contributed by atoms with van der Waals surface area (Å²) < 4.78 is 5.25. The van der Waals surface area contributed by atoms with Gasteiger partial charge in [0.15, 0.2) is 0 Å². The number of urea groups is 1. The van der Waals surface area contributed by atoms with Crippen LogP contribution in [0.5, 0.6) is 5.75 Å². The Bertz CT molecular complexity index is 959. The van der Waals surface area contributed by atoms with Crippen molar-refractivity contribution in [1.29, 1.82) is 0 Å². The molecule has 0 aliphatic carbocycles. The lowest BCUT2D eigenvalue weighted by atomic mass is 9.90. The summed E-state index contributed by atoms with van der Waals surface area (Å²) in [6, 6.07) is 10.7. The first-order valence-corrected chi connectivity index (χ1v) is 10.4. The van der Waals surface area contributed by atoms with Crippen molar-refractivity contribution >= 4 is 28.6 Å². The van der Waals surface area contributed by atoms with E-state index in [1.54, 1.807) is 14.0 Å². The smallest absolute Gasteiger partial charge is 0.325 e. The third kappa shape index (κ3) is 4.40. The predicted molar refractivity (Wildman–Crippen MR) is 115 cm³/mol. The number of nitrogens with zero attached hydrogens (tertiary/aromatic N) is 1. The van der Waals surface area contributed by atoms with Crippen molar-refractivity contribution in [2.24, 2.45) is 0 Å². The van der Waals surface area contributed by atoms with E-state index < -0.39 is 17.5 Å². The highest BCUT2D eigenvalue weighted by Gasteiger charge is 2.49. The number of carbonyl (C=O) groups excluding carboxylic acids is 3. The van der Waals surface area contributed by atoms with Crippen molar-refractivity contribution in [1.82, 2.24) is 15.5 Å². The molecule has 160 valence electrons. The SMILES string of the molecule is CCCCCCNC(=O)CN1C(=O)N[C@@](C)(c2ccc3cc(OC)ccc3c2)C1=O. The molecule has 0 bridgehead atoms. The maximum absolute atomic E-state index is 13.1. The van der Waals surface area contributed by atoms with Crippen molar-refractivity contribution < 1.29 is 19.1 Å². The van der Waals surface area contributed by atoms with Crippen molar-refractivity contribution in [2.45, 2.75) is 45.1 Å². The van der Waals surface area contributed by atoms with Crippen LogP contribution in [0, 0.1) is 0 Å². The number of methoxy groups -OCH3 is 1. The second-order valence-corrected chi connectivity index (χ2v) is 7.78. The Hall–Kier alpha value is -3.09. The Labute approximate surface area is 176 Å². The second-order valence-electron chi connectivity index (χ2n) is 7.78. The minimum Gasteiger partial charge on any atom is -0.497 e. The Morgan fingerprint density at radius 1 is 1.10 bits per heavy atom. The molecule has 1 heterocycles. The first-order chi connectivity index (χ1) is 14.4. The zero-order chi connectivity index (χ0) is 21.7. The quantitative estimate of drug-likeness (QED) is 0.489. The number of hydrogen-bond acceptors (Lipinski definition) is 4. The summed E-state index contributed by atoms with van der Waals surface area (Å²) in [5, 5.41) is 7.44. The van der Waals surface area contributed by atoms with Crippen LogP contribution in [0.15, 0.2) is 36.4 Å². The first-order valence-electron chi connectivity index (χ1n) is 10.4. The Morgan fingerprint density at radius 3 is 2.57 bits per heavy atom. The lowest BCUT2D eigenvalue weighted by Crippen LogP contribution is -2.43. The summed E-state index contributed by atoms with van der Waals surface area (Å²) in [6.45, 7) is 4.06. The molecule has 1 aliphatic heterocycles. The molecule has 0 saturated carbocycles. The summed E-state index contributed by atoms with van der Waals surface area (Å²) in [4.78, 5) is 38.7. The van der Waals surface area contributed by atoms with E-state index in [-0.39, 0.29) is 12.5 Å². The van der Waals surface area contributed by atoms with Crippen LogP contribution in [0.3, 0.4) is 0 Å². The van der Waals surface area contributed by atoms with E-state index in [1.165, 1.54) is 0 Å². The molecule has 2 aromatic rings. The minimum atomic E-state index is -1.22. The van der Waals surface area contributed by atoms with Gasteiger partial charge in [-0.15, -0.1) is 0 Å². The van der Waals surface area contributed by atoms with E-state index in [0.29, 0.717) is 12.1 Å². The van der Waals surface area contributed by atoms with E-state index in [1.807, 2.05) is 36.4 Å². The normalized spacial score (nSPS) is 18.6. The highest BCUT2D eigenvalue weighted by Crippen LogP contribution is 2.31. The van der Waals surface area contributed by atoms with Crippen LogP contribution in [-0.4, -0.2) is 42.9 Å². The predicted octanol–water partition coefficient (Wildman–Crippen LogP) is 3.31. The van der Waals surface area contributed by atoms with Gasteiger partial charge < -0.3 is 15.4 Å². The van der Waals surface area contributed by atoms with Crippen LogP contribution in [0.1, 0.15) is 45.1 Å². The number of imide groups is 1. The summed E-state index contributed by atoms with van der Waals surface area (Å²) in [5.74, 6) is -0.00932. The lowest BCUT2D eigenvalue weighted by molar-refractivity contribution is -0.134. The molecule has 1 aliphatic rings. The number of nitrogens with one attached hydrogen (secondary N) is 2. The number of unbranched alkanes of at least 4 members (excludes halogenated alkanes) is 3. The Morgan fingerprint density at radius 2 is 1.83 bits per heavy atom. The molecule has 4 amide bonds. The number of benzene rings is 2. The third-order valence-electron chi connectivity index (χ3n) is 5.55. The van der Waals surface area contributed by atoms with Crippen LogP contribution >= 0.6 is 0 Å². The molecular weight excluding hydrogens is 382 g/mol. The van der Waals surface area contributed by atoms with Gasteiger partial charge >= 0.3 is 6.03 Å². The molecule has 0 spiro atoms. The van der Waals surface area contributed by atoms with Gasteiger partial charge in [-0.2, -0.15) is 0 Å². The van der Waals surface area contributed by atoms with Crippen LogP contribution in [0.2, 0.25) is 0 Å². The summed E-state index contributed by atoms with van der Waals surface area (Å²) >= 11 is 0. The second kappa shape index (κ2) is 9.15. The molecular formula is C23H29N3O4. The fourth-order valence-electron chi connectivity index (χ4n) is 3.68. The summed E-state index contributed by atoms with van der Waals surface area (Å²) in [7, 11) is 1.61. The fraction of sp³-hybridized carbons (Fsp3) is 0.435. The molecule has 1 fully saturated rings. The van der Waals surface area contributed by atoms with Crippen LogP contribution in [0.4, 0.5) is 4.79 Å². The van der Waals surface area contributed by atoms with Gasteiger partial charge in [0.2, 0.25) is 5.91 Å². The monoisotopic (exact) mass is 411 g/mol. The molecule has 1 atom stereocenters. The molecule has 0 radical (unpaired) electrons. The van der Waals surface area contributed by atoms with E-state index in [0.717, 1.165) is 47.1 Å². The van der Waals surface area contributed by atoms with Gasteiger partial charge in [-0.1, -0.05) is 44.4 Å². The average Bonchev–Trinajstić information content (AvgIpc) is 2.96.